The van der Waals surface area contributed by atoms with Crippen LogP contribution in [0.4, 0.5) is 0 Å². The molecule has 4 aliphatic rings. The van der Waals surface area contributed by atoms with Gasteiger partial charge in [-0.15, -0.1) is 0 Å². The van der Waals surface area contributed by atoms with Gasteiger partial charge in [0.1, 0.15) is 0 Å². The minimum absolute atomic E-state index is 0.0223. The molecule has 0 unspecified atom stereocenters. The van der Waals surface area contributed by atoms with Crippen molar-refractivity contribution < 1.29 is 33.3 Å². The van der Waals surface area contributed by atoms with Crippen LogP contribution in [0, 0.1) is 0 Å². The SMILES string of the molecule is COC(=O)c1cc(-c2cc3c(cc2C(=O)N2Cc4ccccc4C[C@H]2C)OCO3)n2c1CC1(CC2)OCCO1. The highest BCUT2D eigenvalue weighted by Crippen LogP contribution is 2.43. The Labute approximate surface area is 226 Å². The Morgan fingerprint density at radius 2 is 1.74 bits per heavy atom. The number of hydrogen-bond donors (Lipinski definition) is 0. The Hall–Kier alpha value is -3.82. The van der Waals surface area contributed by atoms with E-state index < -0.39 is 11.8 Å². The van der Waals surface area contributed by atoms with Crippen LogP contribution >= 0.6 is 0 Å². The summed E-state index contributed by atoms with van der Waals surface area (Å²) in [5.74, 6) is -0.149. The van der Waals surface area contributed by atoms with E-state index in [0.29, 0.717) is 67.3 Å². The number of fused-ring (bicyclic) bond motifs is 3. The summed E-state index contributed by atoms with van der Waals surface area (Å²) < 4.78 is 30.6. The van der Waals surface area contributed by atoms with E-state index in [9.17, 15) is 9.59 Å². The number of carbonyl (C=O) groups is 2. The lowest BCUT2D eigenvalue weighted by Crippen LogP contribution is -2.42. The summed E-state index contributed by atoms with van der Waals surface area (Å²) >= 11 is 0. The van der Waals surface area contributed by atoms with Crippen molar-refractivity contribution >= 4 is 11.9 Å². The maximum atomic E-state index is 14.3. The Morgan fingerprint density at radius 3 is 2.51 bits per heavy atom. The molecule has 1 saturated heterocycles. The first-order chi connectivity index (χ1) is 19.0. The topological polar surface area (TPSA) is 88.5 Å². The number of amides is 1. The highest BCUT2D eigenvalue weighted by Gasteiger charge is 2.43. The van der Waals surface area contributed by atoms with Gasteiger partial charge in [0.15, 0.2) is 17.3 Å². The lowest BCUT2D eigenvalue weighted by atomic mass is 9.93. The van der Waals surface area contributed by atoms with Gasteiger partial charge in [-0.3, -0.25) is 4.79 Å². The van der Waals surface area contributed by atoms with Crippen molar-refractivity contribution in [1.29, 1.82) is 0 Å². The Bertz CT molecular complexity index is 1490. The first-order valence-corrected chi connectivity index (χ1v) is 13.4. The van der Waals surface area contributed by atoms with Crippen LogP contribution in [0.2, 0.25) is 0 Å². The van der Waals surface area contributed by atoms with Gasteiger partial charge in [0.2, 0.25) is 6.79 Å². The predicted molar refractivity (Wildman–Crippen MR) is 140 cm³/mol. The zero-order valence-corrected chi connectivity index (χ0v) is 22.0. The molecule has 4 aliphatic heterocycles. The summed E-state index contributed by atoms with van der Waals surface area (Å²) in [6.07, 6.45) is 1.85. The van der Waals surface area contributed by atoms with E-state index in [2.05, 4.69) is 23.6 Å². The Balaban J connectivity index is 1.35. The molecule has 0 aliphatic carbocycles. The number of rotatable bonds is 3. The molecule has 1 spiro atoms. The molecular formula is C30H30N2O7. The minimum atomic E-state index is -0.738. The number of carbonyl (C=O) groups excluding carboxylic acids is 2. The van der Waals surface area contributed by atoms with Gasteiger partial charge in [-0.1, -0.05) is 24.3 Å². The second-order valence-corrected chi connectivity index (χ2v) is 10.6. The standard InChI is InChI=1S/C30H30N2O7/c1-18-11-19-5-3-4-6-20(19)16-32(18)28(33)22-14-27-26(36-17-37-27)13-21(22)24-12-23(29(34)35-2)25-15-30(7-8-31(24)25)38-9-10-39-30/h3-6,12-14,18H,7-11,15-17H2,1-2H3/t18-/m1/s1. The minimum Gasteiger partial charge on any atom is -0.465 e. The lowest BCUT2D eigenvalue weighted by Gasteiger charge is -2.36. The molecule has 0 N–H and O–H groups in total. The number of benzene rings is 2. The third-order valence-electron chi connectivity index (χ3n) is 8.37. The molecule has 9 nitrogen and oxygen atoms in total. The van der Waals surface area contributed by atoms with Crippen LogP contribution in [-0.4, -0.2) is 60.3 Å². The summed E-state index contributed by atoms with van der Waals surface area (Å²) in [6, 6.07) is 13.7. The average molecular weight is 531 g/mol. The Morgan fingerprint density at radius 1 is 1.00 bits per heavy atom. The molecule has 9 heteroatoms. The monoisotopic (exact) mass is 530 g/mol. The van der Waals surface area contributed by atoms with Crippen molar-refractivity contribution in [3.63, 3.8) is 0 Å². The molecule has 202 valence electrons. The molecule has 3 aromatic rings. The van der Waals surface area contributed by atoms with Crippen LogP contribution in [0.25, 0.3) is 11.3 Å². The fraction of sp³-hybridized carbons (Fsp3) is 0.400. The molecule has 1 atom stereocenters. The van der Waals surface area contributed by atoms with E-state index in [1.54, 1.807) is 6.07 Å². The number of hydrogen-bond acceptors (Lipinski definition) is 7. The van der Waals surface area contributed by atoms with Gasteiger partial charge < -0.3 is 33.2 Å². The molecule has 0 bridgehead atoms. The van der Waals surface area contributed by atoms with Gasteiger partial charge in [-0.25, -0.2) is 4.79 Å². The summed E-state index contributed by atoms with van der Waals surface area (Å²) in [4.78, 5) is 29.1. The van der Waals surface area contributed by atoms with Crippen molar-refractivity contribution in [3.05, 3.63) is 70.4 Å². The van der Waals surface area contributed by atoms with Crippen molar-refractivity contribution in [2.24, 2.45) is 0 Å². The zero-order chi connectivity index (χ0) is 26.7. The van der Waals surface area contributed by atoms with Crippen molar-refractivity contribution in [2.75, 3.05) is 27.1 Å². The third kappa shape index (κ3) is 3.91. The maximum absolute atomic E-state index is 14.3. The van der Waals surface area contributed by atoms with E-state index in [1.165, 1.54) is 12.7 Å². The van der Waals surface area contributed by atoms with Gasteiger partial charge in [0.05, 0.1) is 37.1 Å². The van der Waals surface area contributed by atoms with E-state index in [-0.39, 0.29) is 18.7 Å². The normalized spacial score (nSPS) is 20.6. The highest BCUT2D eigenvalue weighted by atomic mass is 16.7. The third-order valence-corrected chi connectivity index (χ3v) is 8.37. The first-order valence-electron chi connectivity index (χ1n) is 13.4. The number of esters is 1. The number of methoxy groups -OCH3 is 1. The molecule has 2 aromatic carbocycles. The number of nitrogens with zero attached hydrogens (tertiary/aromatic N) is 2. The molecule has 39 heavy (non-hydrogen) atoms. The van der Waals surface area contributed by atoms with Gasteiger partial charge >= 0.3 is 5.97 Å². The summed E-state index contributed by atoms with van der Waals surface area (Å²) in [6.45, 7) is 4.32. The molecule has 1 aromatic heterocycles. The number of ether oxygens (including phenoxy) is 5. The van der Waals surface area contributed by atoms with Crippen molar-refractivity contribution in [2.45, 2.75) is 51.1 Å². The van der Waals surface area contributed by atoms with E-state index in [0.717, 1.165) is 23.4 Å². The van der Waals surface area contributed by atoms with Gasteiger partial charge in [0, 0.05) is 43.2 Å². The molecule has 1 amide bonds. The molecule has 0 radical (unpaired) electrons. The molecule has 5 heterocycles. The smallest absolute Gasteiger partial charge is 0.339 e. The highest BCUT2D eigenvalue weighted by molar-refractivity contribution is 6.03. The van der Waals surface area contributed by atoms with E-state index in [4.69, 9.17) is 23.7 Å². The Kier molecular flexibility index (Phi) is 5.68. The van der Waals surface area contributed by atoms with E-state index in [1.807, 2.05) is 29.2 Å². The van der Waals surface area contributed by atoms with Crippen LogP contribution < -0.4 is 9.47 Å². The fourth-order valence-corrected chi connectivity index (χ4v) is 6.35. The zero-order valence-electron chi connectivity index (χ0n) is 22.0. The van der Waals surface area contributed by atoms with Gasteiger partial charge in [-0.2, -0.15) is 0 Å². The number of aromatic nitrogens is 1. The molecule has 1 fully saturated rings. The van der Waals surface area contributed by atoms with Gasteiger partial charge in [-0.05, 0) is 42.7 Å². The molecule has 7 rings (SSSR count). The second-order valence-electron chi connectivity index (χ2n) is 10.6. The largest absolute Gasteiger partial charge is 0.465 e. The van der Waals surface area contributed by atoms with Crippen molar-refractivity contribution in [3.8, 4) is 22.8 Å². The predicted octanol–water partition coefficient (Wildman–Crippen LogP) is 3.95. The van der Waals surface area contributed by atoms with E-state index >= 15 is 0 Å². The summed E-state index contributed by atoms with van der Waals surface area (Å²) in [5.41, 5.74) is 5.61. The van der Waals surface area contributed by atoms with Crippen LogP contribution in [0.1, 0.15) is 50.9 Å². The summed E-state index contributed by atoms with van der Waals surface area (Å²) in [5, 5.41) is 0. The van der Waals surface area contributed by atoms with Crippen LogP contribution in [-0.2, 0) is 40.1 Å². The second kappa shape index (κ2) is 9.14. The van der Waals surface area contributed by atoms with Crippen LogP contribution in [0.15, 0.2) is 42.5 Å². The molecular weight excluding hydrogens is 500 g/mol. The molecule has 0 saturated carbocycles. The summed E-state index contributed by atoms with van der Waals surface area (Å²) in [7, 11) is 1.37. The quantitative estimate of drug-likeness (QED) is 0.474. The first kappa shape index (κ1) is 24.2. The fourth-order valence-electron chi connectivity index (χ4n) is 6.35. The van der Waals surface area contributed by atoms with Crippen LogP contribution in [0.3, 0.4) is 0 Å². The maximum Gasteiger partial charge on any atom is 0.339 e. The van der Waals surface area contributed by atoms with Gasteiger partial charge in [0.25, 0.3) is 5.91 Å². The lowest BCUT2D eigenvalue weighted by molar-refractivity contribution is -0.169. The average Bonchev–Trinajstić information content (AvgIpc) is 3.70. The van der Waals surface area contributed by atoms with Crippen molar-refractivity contribution in [1.82, 2.24) is 9.47 Å². The van der Waals surface area contributed by atoms with Crippen LogP contribution in [0.5, 0.6) is 11.5 Å².